The Bertz CT molecular complexity index is 1340. The van der Waals surface area contributed by atoms with E-state index >= 15 is 0 Å². The molecular formula is C23H28N3O7PS. The zero-order valence-electron chi connectivity index (χ0n) is 19.3. The van der Waals surface area contributed by atoms with Gasteiger partial charge in [-0.05, 0) is 36.2 Å². The number of nitrogens with one attached hydrogen (secondary N) is 2. The normalized spacial score (nSPS) is 11.9. The number of phosphoric acid groups is 1. The summed E-state index contributed by atoms with van der Waals surface area (Å²) in [6, 6.07) is 16.7. The van der Waals surface area contributed by atoms with Crippen LogP contribution < -0.4 is 19.5 Å². The lowest BCUT2D eigenvalue weighted by atomic mass is 10.1. The Kier molecular flexibility index (Phi) is 8.52. The fraction of sp³-hybridized carbons (Fsp3) is 0.261. The molecule has 0 spiro atoms. The molecule has 0 radical (unpaired) electrons. The number of fused-ring (bicyclic) bond motifs is 1. The third-order valence-electron chi connectivity index (χ3n) is 5.16. The van der Waals surface area contributed by atoms with Crippen LogP contribution in [0.2, 0.25) is 0 Å². The summed E-state index contributed by atoms with van der Waals surface area (Å²) in [5.41, 5.74) is 1.70. The molecule has 188 valence electrons. The van der Waals surface area contributed by atoms with Crippen LogP contribution in [0.4, 0.5) is 5.69 Å². The summed E-state index contributed by atoms with van der Waals surface area (Å²) in [7, 11) is -4.61. The van der Waals surface area contributed by atoms with E-state index in [1.165, 1.54) is 12.1 Å². The number of anilines is 1. The molecule has 0 unspecified atom stereocenters. The maximum absolute atomic E-state index is 12.9. The van der Waals surface area contributed by atoms with Crippen molar-refractivity contribution >= 4 is 40.2 Å². The van der Waals surface area contributed by atoms with Crippen molar-refractivity contribution in [3.8, 4) is 5.75 Å². The number of aryl methyl sites for hydroxylation is 1. The van der Waals surface area contributed by atoms with Crippen molar-refractivity contribution in [2.24, 2.45) is 0 Å². The van der Waals surface area contributed by atoms with Crippen LogP contribution in [-0.2, 0) is 25.8 Å². The SMILES string of the molecule is CN(C)c1cccc2c(S(=O)(=O)NCCNC(=O)CCc3ccc(OP(=O)(O)O)cc3)cccc12. The Morgan fingerprint density at radius 3 is 2.29 bits per heavy atom. The molecule has 0 bridgehead atoms. The number of nitrogens with zero attached hydrogens (tertiary/aromatic N) is 1. The Balaban J connectivity index is 1.50. The zero-order valence-corrected chi connectivity index (χ0v) is 21.1. The largest absolute Gasteiger partial charge is 0.524 e. The van der Waals surface area contributed by atoms with Gasteiger partial charge in [-0.15, -0.1) is 0 Å². The quantitative estimate of drug-likeness (QED) is 0.222. The highest BCUT2D eigenvalue weighted by Gasteiger charge is 2.18. The standard InChI is InChI=1S/C23H28N3O7PS/c1-26(2)21-7-3-6-20-19(21)5-4-8-22(20)35(31,32)25-16-15-24-23(27)14-11-17-9-12-18(13-10-17)33-34(28,29)30/h3-10,12-13,25H,11,14-16H2,1-2H3,(H,24,27)(H2,28,29,30). The van der Waals surface area contributed by atoms with Crippen LogP contribution in [0.25, 0.3) is 10.8 Å². The first-order valence-electron chi connectivity index (χ1n) is 10.8. The molecule has 0 saturated heterocycles. The van der Waals surface area contributed by atoms with Gasteiger partial charge in [-0.2, -0.15) is 0 Å². The molecule has 35 heavy (non-hydrogen) atoms. The molecule has 4 N–H and O–H groups in total. The summed E-state index contributed by atoms with van der Waals surface area (Å²) < 4.78 is 43.7. The summed E-state index contributed by atoms with van der Waals surface area (Å²) in [5.74, 6) is -0.219. The highest BCUT2D eigenvalue weighted by molar-refractivity contribution is 7.89. The highest BCUT2D eigenvalue weighted by atomic mass is 32.2. The van der Waals surface area contributed by atoms with Gasteiger partial charge in [0.2, 0.25) is 15.9 Å². The van der Waals surface area contributed by atoms with Gasteiger partial charge in [-0.3, -0.25) is 14.6 Å². The van der Waals surface area contributed by atoms with Gasteiger partial charge in [0.05, 0.1) is 4.90 Å². The average Bonchev–Trinajstić information content (AvgIpc) is 2.79. The van der Waals surface area contributed by atoms with Gasteiger partial charge in [-0.25, -0.2) is 17.7 Å². The minimum absolute atomic E-state index is 0.0305. The number of phosphoric ester groups is 1. The van der Waals surface area contributed by atoms with E-state index in [1.807, 2.05) is 37.2 Å². The molecule has 0 aliphatic carbocycles. The molecule has 3 rings (SSSR count). The van der Waals surface area contributed by atoms with E-state index in [9.17, 15) is 17.8 Å². The van der Waals surface area contributed by atoms with Crippen LogP contribution in [0.3, 0.4) is 0 Å². The Morgan fingerprint density at radius 1 is 0.971 bits per heavy atom. The van der Waals surface area contributed by atoms with Crippen LogP contribution in [0.5, 0.6) is 5.75 Å². The van der Waals surface area contributed by atoms with Crippen LogP contribution in [0.15, 0.2) is 65.6 Å². The van der Waals surface area contributed by atoms with Gasteiger partial charge in [-0.1, -0.05) is 36.4 Å². The van der Waals surface area contributed by atoms with Gasteiger partial charge < -0.3 is 14.7 Å². The lowest BCUT2D eigenvalue weighted by Crippen LogP contribution is -2.34. The lowest BCUT2D eigenvalue weighted by Gasteiger charge is -2.17. The van der Waals surface area contributed by atoms with Gasteiger partial charge in [0, 0.05) is 50.1 Å². The molecule has 12 heteroatoms. The van der Waals surface area contributed by atoms with Gasteiger partial charge in [0.1, 0.15) is 5.75 Å². The second-order valence-corrected chi connectivity index (χ2v) is 10.9. The average molecular weight is 522 g/mol. The molecule has 0 aliphatic heterocycles. The predicted molar refractivity (Wildman–Crippen MR) is 134 cm³/mol. The van der Waals surface area contributed by atoms with E-state index in [0.717, 1.165) is 16.6 Å². The van der Waals surface area contributed by atoms with Crippen LogP contribution in [0, 0.1) is 0 Å². The second-order valence-electron chi connectivity index (χ2n) is 8.00. The highest BCUT2D eigenvalue weighted by Crippen LogP contribution is 2.37. The van der Waals surface area contributed by atoms with E-state index < -0.39 is 17.8 Å². The molecule has 0 aliphatic rings. The first-order chi connectivity index (χ1) is 16.5. The molecule has 3 aromatic carbocycles. The second kappa shape index (κ2) is 11.2. The molecular weight excluding hydrogens is 493 g/mol. The summed E-state index contributed by atoms with van der Waals surface area (Å²) in [4.78, 5) is 31.8. The van der Waals surface area contributed by atoms with Gasteiger partial charge >= 0.3 is 7.82 Å². The monoisotopic (exact) mass is 521 g/mol. The molecule has 0 atom stereocenters. The smallest absolute Gasteiger partial charge is 0.404 e. The molecule has 0 aromatic heterocycles. The fourth-order valence-corrected chi connectivity index (χ4v) is 5.20. The van der Waals surface area contributed by atoms with Crippen LogP contribution in [-0.4, -0.2) is 51.3 Å². The maximum Gasteiger partial charge on any atom is 0.524 e. The van der Waals surface area contributed by atoms with Gasteiger partial charge in [0.25, 0.3) is 0 Å². The van der Waals surface area contributed by atoms with E-state index in [1.54, 1.807) is 30.3 Å². The molecule has 0 heterocycles. The number of sulfonamides is 1. The molecule has 1 amide bonds. The van der Waals surface area contributed by atoms with E-state index in [0.29, 0.717) is 11.8 Å². The van der Waals surface area contributed by atoms with Crippen molar-refractivity contribution in [2.45, 2.75) is 17.7 Å². The number of carbonyl (C=O) groups excluding carboxylic acids is 1. The predicted octanol–water partition coefficient (Wildman–Crippen LogP) is 2.40. The van der Waals surface area contributed by atoms with Gasteiger partial charge in [0.15, 0.2) is 0 Å². The lowest BCUT2D eigenvalue weighted by molar-refractivity contribution is -0.121. The van der Waals surface area contributed by atoms with Crippen molar-refractivity contribution in [1.82, 2.24) is 10.0 Å². The minimum Gasteiger partial charge on any atom is -0.404 e. The Hall–Kier alpha value is -2.95. The topological polar surface area (TPSA) is 145 Å². The third kappa shape index (κ3) is 7.51. The maximum atomic E-state index is 12.9. The fourth-order valence-electron chi connectivity index (χ4n) is 3.55. The molecule has 0 fully saturated rings. The van der Waals surface area contributed by atoms with Crippen molar-refractivity contribution in [1.29, 1.82) is 0 Å². The molecule has 0 saturated carbocycles. The van der Waals surface area contributed by atoms with Crippen molar-refractivity contribution in [3.05, 3.63) is 66.2 Å². The number of carbonyl (C=O) groups is 1. The minimum atomic E-state index is -4.61. The summed E-state index contributed by atoms with van der Waals surface area (Å²) in [6.45, 7) is 0.160. The number of rotatable bonds is 11. The number of hydrogen-bond acceptors (Lipinski definition) is 6. The van der Waals surface area contributed by atoms with E-state index in [4.69, 9.17) is 9.79 Å². The first-order valence-corrected chi connectivity index (χ1v) is 13.8. The van der Waals surface area contributed by atoms with Crippen molar-refractivity contribution in [3.63, 3.8) is 0 Å². The van der Waals surface area contributed by atoms with Crippen LogP contribution >= 0.6 is 7.82 Å². The Labute approximate surface area is 204 Å². The van der Waals surface area contributed by atoms with E-state index in [2.05, 4.69) is 14.6 Å². The molecule has 3 aromatic rings. The van der Waals surface area contributed by atoms with E-state index in [-0.39, 0.29) is 36.1 Å². The number of amides is 1. The first kappa shape index (κ1) is 26.7. The summed E-state index contributed by atoms with van der Waals surface area (Å²) in [6.07, 6.45) is 0.569. The zero-order chi connectivity index (χ0) is 25.6. The number of benzene rings is 3. The summed E-state index contributed by atoms with van der Waals surface area (Å²) in [5, 5.41) is 4.13. The van der Waals surface area contributed by atoms with Crippen molar-refractivity contribution < 1.29 is 32.1 Å². The Morgan fingerprint density at radius 2 is 1.63 bits per heavy atom. The van der Waals surface area contributed by atoms with Crippen LogP contribution in [0.1, 0.15) is 12.0 Å². The third-order valence-corrected chi connectivity index (χ3v) is 7.13. The summed E-state index contributed by atoms with van der Waals surface area (Å²) >= 11 is 0. The van der Waals surface area contributed by atoms with Crippen molar-refractivity contribution in [2.75, 3.05) is 32.1 Å². The number of hydrogen-bond donors (Lipinski definition) is 4. The molecule has 10 nitrogen and oxygen atoms in total.